The molecule has 32 heavy (non-hydrogen) atoms. The molecule has 0 unspecified atom stereocenters. The predicted octanol–water partition coefficient (Wildman–Crippen LogP) is 4.83. The van der Waals surface area contributed by atoms with Crippen LogP contribution in [0, 0.1) is 20.8 Å². The molecule has 0 radical (unpaired) electrons. The highest BCUT2D eigenvalue weighted by atomic mass is 16.5. The van der Waals surface area contributed by atoms with E-state index in [2.05, 4.69) is 36.5 Å². The third-order valence-electron chi connectivity index (χ3n) is 5.79. The number of ether oxygens (including phenoxy) is 1. The third-order valence-corrected chi connectivity index (χ3v) is 5.79. The van der Waals surface area contributed by atoms with Crippen LogP contribution in [0.25, 0.3) is 0 Å². The molecule has 0 aliphatic carbocycles. The maximum Gasteiger partial charge on any atom is 0.262 e. The van der Waals surface area contributed by atoms with Crippen LogP contribution in [0.3, 0.4) is 0 Å². The first-order chi connectivity index (χ1) is 15.4. The Labute approximate surface area is 189 Å². The van der Waals surface area contributed by atoms with Crippen LogP contribution >= 0.6 is 0 Å². The fourth-order valence-electron chi connectivity index (χ4n) is 4.03. The summed E-state index contributed by atoms with van der Waals surface area (Å²) in [4.78, 5) is 27.4. The Morgan fingerprint density at radius 3 is 2.50 bits per heavy atom. The van der Waals surface area contributed by atoms with Crippen LogP contribution < -0.4 is 10.1 Å². The summed E-state index contributed by atoms with van der Waals surface area (Å²) in [5.74, 6) is 0.372. The normalized spacial score (nSPS) is 13.0. The van der Waals surface area contributed by atoms with Crippen LogP contribution in [-0.2, 0) is 17.8 Å². The third kappa shape index (κ3) is 4.83. The molecule has 0 aromatic heterocycles. The zero-order chi connectivity index (χ0) is 22.7. The fourth-order valence-corrected chi connectivity index (χ4v) is 4.03. The highest BCUT2D eigenvalue weighted by Crippen LogP contribution is 2.29. The van der Waals surface area contributed by atoms with Gasteiger partial charge in [0.2, 0.25) is 0 Å². The average Bonchev–Trinajstić information content (AvgIpc) is 2.78. The molecule has 0 atom stereocenters. The van der Waals surface area contributed by atoms with Crippen molar-refractivity contribution in [1.82, 2.24) is 4.90 Å². The second kappa shape index (κ2) is 9.27. The van der Waals surface area contributed by atoms with Crippen LogP contribution in [0.1, 0.15) is 38.2 Å². The van der Waals surface area contributed by atoms with E-state index in [0.29, 0.717) is 30.8 Å². The quantitative estimate of drug-likeness (QED) is 0.612. The number of carbonyl (C=O) groups is 2. The molecule has 0 bridgehead atoms. The molecule has 5 heteroatoms. The van der Waals surface area contributed by atoms with Crippen molar-refractivity contribution in [3.63, 3.8) is 0 Å². The molecule has 1 aliphatic rings. The zero-order valence-electron chi connectivity index (χ0n) is 18.8. The van der Waals surface area contributed by atoms with Crippen LogP contribution in [0.5, 0.6) is 5.75 Å². The van der Waals surface area contributed by atoms with Crippen molar-refractivity contribution < 1.29 is 14.3 Å². The number of benzene rings is 3. The second-order valence-corrected chi connectivity index (χ2v) is 8.40. The van der Waals surface area contributed by atoms with Crippen LogP contribution in [-0.4, -0.2) is 29.9 Å². The highest BCUT2D eigenvalue weighted by Gasteiger charge is 2.26. The second-order valence-electron chi connectivity index (χ2n) is 8.40. The van der Waals surface area contributed by atoms with Crippen LogP contribution in [0.2, 0.25) is 0 Å². The van der Waals surface area contributed by atoms with Crippen LogP contribution in [0.15, 0.2) is 60.7 Å². The van der Waals surface area contributed by atoms with E-state index in [4.69, 9.17) is 4.74 Å². The molecule has 3 aromatic carbocycles. The lowest BCUT2D eigenvalue weighted by Gasteiger charge is -2.29. The van der Waals surface area contributed by atoms with Gasteiger partial charge in [0, 0.05) is 29.9 Å². The lowest BCUT2D eigenvalue weighted by atomic mass is 9.97. The number of anilines is 1. The Morgan fingerprint density at radius 2 is 1.75 bits per heavy atom. The van der Waals surface area contributed by atoms with Gasteiger partial charge < -0.3 is 15.0 Å². The first-order valence-electron chi connectivity index (χ1n) is 10.9. The molecule has 5 nitrogen and oxygen atoms in total. The molecule has 0 saturated heterocycles. The first-order valence-corrected chi connectivity index (χ1v) is 10.9. The minimum atomic E-state index is -0.224. The first kappa shape index (κ1) is 21.6. The molecule has 0 saturated carbocycles. The summed E-state index contributed by atoms with van der Waals surface area (Å²) in [5, 5.41) is 2.90. The number of carbonyl (C=O) groups excluding carboxylic acids is 2. The van der Waals surface area contributed by atoms with Crippen molar-refractivity contribution in [3.05, 3.63) is 94.0 Å². The van der Waals surface area contributed by atoms with Gasteiger partial charge in [0.15, 0.2) is 6.61 Å². The monoisotopic (exact) mass is 428 g/mol. The van der Waals surface area contributed by atoms with Crippen molar-refractivity contribution in [1.29, 1.82) is 0 Å². The van der Waals surface area contributed by atoms with E-state index in [1.165, 1.54) is 5.56 Å². The predicted molar refractivity (Wildman–Crippen MR) is 126 cm³/mol. The smallest absolute Gasteiger partial charge is 0.262 e. The molecule has 1 aliphatic heterocycles. The maximum atomic E-state index is 13.1. The number of rotatable bonds is 6. The van der Waals surface area contributed by atoms with Gasteiger partial charge in [0.05, 0.1) is 0 Å². The van der Waals surface area contributed by atoms with Crippen molar-refractivity contribution in [3.8, 4) is 5.75 Å². The molecular formula is C27H28N2O3. The van der Waals surface area contributed by atoms with Gasteiger partial charge in [0.25, 0.3) is 11.8 Å². The molecule has 1 N–H and O–H groups in total. The summed E-state index contributed by atoms with van der Waals surface area (Å²) < 4.78 is 5.83. The topological polar surface area (TPSA) is 58.6 Å². The summed E-state index contributed by atoms with van der Waals surface area (Å²) in [6, 6.07) is 19.6. The zero-order valence-corrected chi connectivity index (χ0v) is 18.8. The van der Waals surface area contributed by atoms with Crippen molar-refractivity contribution in [2.24, 2.45) is 0 Å². The summed E-state index contributed by atoms with van der Waals surface area (Å²) >= 11 is 0. The number of hydrogen-bond donors (Lipinski definition) is 1. The van der Waals surface area contributed by atoms with Gasteiger partial charge in [-0.3, -0.25) is 9.59 Å². The highest BCUT2D eigenvalue weighted by molar-refractivity contribution is 5.97. The molecule has 1 heterocycles. The number of aryl methyl sites for hydroxylation is 3. The van der Waals surface area contributed by atoms with Gasteiger partial charge >= 0.3 is 0 Å². The molecule has 0 spiro atoms. The van der Waals surface area contributed by atoms with Crippen molar-refractivity contribution in [2.75, 3.05) is 18.5 Å². The van der Waals surface area contributed by atoms with Gasteiger partial charge in [-0.15, -0.1) is 0 Å². The molecule has 4 rings (SSSR count). The molecular weight excluding hydrogens is 400 g/mol. The van der Waals surface area contributed by atoms with Crippen molar-refractivity contribution >= 4 is 17.5 Å². The lowest BCUT2D eigenvalue weighted by Crippen LogP contribution is -2.37. The Balaban J connectivity index is 1.42. The minimum absolute atomic E-state index is 0.00277. The van der Waals surface area contributed by atoms with Gasteiger partial charge in [-0.05, 0) is 56.5 Å². The molecule has 2 amide bonds. The van der Waals surface area contributed by atoms with E-state index in [-0.39, 0.29) is 18.4 Å². The van der Waals surface area contributed by atoms with Crippen molar-refractivity contribution in [2.45, 2.75) is 33.7 Å². The van der Waals surface area contributed by atoms with E-state index in [9.17, 15) is 9.59 Å². The Bertz CT molecular complexity index is 1150. The standard InChI is InChI=1S/C27H28N2O3/c1-18-7-10-21(11-8-18)16-29-14-13-22-23(27(29)31)5-4-6-25(22)32-17-26(30)28-24-12-9-19(2)15-20(24)3/h4-12,15H,13-14,16-17H2,1-3H3,(H,28,30). The van der Waals surface area contributed by atoms with Gasteiger partial charge in [-0.25, -0.2) is 0 Å². The number of nitrogens with one attached hydrogen (secondary N) is 1. The lowest BCUT2D eigenvalue weighted by molar-refractivity contribution is -0.118. The summed E-state index contributed by atoms with van der Waals surface area (Å²) in [7, 11) is 0. The summed E-state index contributed by atoms with van der Waals surface area (Å²) in [6.45, 7) is 7.13. The fraction of sp³-hybridized carbons (Fsp3) is 0.259. The van der Waals surface area contributed by atoms with Gasteiger partial charge in [-0.1, -0.05) is 53.6 Å². The SMILES string of the molecule is Cc1ccc(CN2CCc3c(OCC(=O)Nc4ccc(C)cc4C)cccc3C2=O)cc1. The van der Waals surface area contributed by atoms with E-state index in [0.717, 1.165) is 27.9 Å². The summed E-state index contributed by atoms with van der Waals surface area (Å²) in [6.07, 6.45) is 0.696. The van der Waals surface area contributed by atoms with E-state index < -0.39 is 0 Å². The number of nitrogens with zero attached hydrogens (tertiary/aromatic N) is 1. The number of hydrogen-bond acceptors (Lipinski definition) is 3. The Kier molecular flexibility index (Phi) is 6.26. The largest absolute Gasteiger partial charge is 0.483 e. The minimum Gasteiger partial charge on any atom is -0.483 e. The Hall–Kier alpha value is -3.60. The number of amides is 2. The van der Waals surface area contributed by atoms with E-state index >= 15 is 0 Å². The molecule has 3 aromatic rings. The number of fused-ring (bicyclic) bond motifs is 1. The molecule has 164 valence electrons. The van der Waals surface area contributed by atoms with Gasteiger partial charge in [-0.2, -0.15) is 0 Å². The van der Waals surface area contributed by atoms with E-state index in [1.807, 2.05) is 55.1 Å². The van der Waals surface area contributed by atoms with Gasteiger partial charge in [0.1, 0.15) is 5.75 Å². The Morgan fingerprint density at radius 1 is 1.00 bits per heavy atom. The molecule has 0 fully saturated rings. The summed E-state index contributed by atoms with van der Waals surface area (Å²) in [5.41, 5.74) is 6.77. The average molecular weight is 429 g/mol. The maximum absolute atomic E-state index is 13.1. The van der Waals surface area contributed by atoms with Crippen LogP contribution in [0.4, 0.5) is 5.69 Å². The van der Waals surface area contributed by atoms with E-state index in [1.54, 1.807) is 0 Å².